The van der Waals surface area contributed by atoms with Crippen molar-refractivity contribution in [2.75, 3.05) is 0 Å². The van der Waals surface area contributed by atoms with Gasteiger partial charge in [0, 0.05) is 22.8 Å². The standard InChI is InChI=1S/C19H15BrN2O/c20-17-9-6-14(7-10-17)12-22-19(23)16-8-11-18(21-13-16)15-4-2-1-3-5-15/h1-11,13H,12H2,(H,22,23). The van der Waals surface area contributed by atoms with Crippen molar-refractivity contribution >= 4 is 21.8 Å². The van der Waals surface area contributed by atoms with Gasteiger partial charge in [-0.25, -0.2) is 0 Å². The van der Waals surface area contributed by atoms with Gasteiger partial charge in [0.2, 0.25) is 0 Å². The summed E-state index contributed by atoms with van der Waals surface area (Å²) in [6.45, 7) is 0.493. The molecule has 0 aliphatic carbocycles. The third-order valence-corrected chi connectivity index (χ3v) is 3.99. The lowest BCUT2D eigenvalue weighted by atomic mass is 10.1. The number of amides is 1. The minimum absolute atomic E-state index is 0.125. The first-order valence-corrected chi connectivity index (χ1v) is 8.06. The summed E-state index contributed by atoms with van der Waals surface area (Å²) >= 11 is 3.39. The highest BCUT2D eigenvalue weighted by Gasteiger charge is 2.06. The van der Waals surface area contributed by atoms with E-state index in [1.54, 1.807) is 12.3 Å². The molecule has 0 saturated heterocycles. The molecule has 2 aromatic carbocycles. The lowest BCUT2D eigenvalue weighted by Gasteiger charge is -2.06. The number of halogens is 1. The summed E-state index contributed by atoms with van der Waals surface area (Å²) in [6.07, 6.45) is 1.61. The van der Waals surface area contributed by atoms with Gasteiger partial charge in [-0.15, -0.1) is 0 Å². The van der Waals surface area contributed by atoms with Crippen molar-refractivity contribution in [3.63, 3.8) is 0 Å². The maximum atomic E-state index is 12.2. The van der Waals surface area contributed by atoms with E-state index >= 15 is 0 Å². The van der Waals surface area contributed by atoms with Crippen molar-refractivity contribution in [1.29, 1.82) is 0 Å². The molecule has 3 nitrogen and oxygen atoms in total. The highest BCUT2D eigenvalue weighted by atomic mass is 79.9. The number of nitrogens with one attached hydrogen (secondary N) is 1. The van der Waals surface area contributed by atoms with Gasteiger partial charge in [-0.3, -0.25) is 9.78 Å². The largest absolute Gasteiger partial charge is 0.348 e. The van der Waals surface area contributed by atoms with E-state index in [0.29, 0.717) is 12.1 Å². The molecule has 3 rings (SSSR count). The van der Waals surface area contributed by atoms with E-state index in [1.807, 2.05) is 60.7 Å². The average molecular weight is 367 g/mol. The number of pyridine rings is 1. The number of rotatable bonds is 4. The predicted octanol–water partition coefficient (Wildman–Crippen LogP) is 4.44. The number of aromatic nitrogens is 1. The van der Waals surface area contributed by atoms with Crippen molar-refractivity contribution < 1.29 is 4.79 Å². The predicted molar refractivity (Wildman–Crippen MR) is 95.0 cm³/mol. The minimum atomic E-state index is -0.125. The van der Waals surface area contributed by atoms with E-state index in [9.17, 15) is 4.79 Å². The van der Waals surface area contributed by atoms with Crippen LogP contribution in [0.25, 0.3) is 11.3 Å². The minimum Gasteiger partial charge on any atom is -0.348 e. The second-order valence-electron chi connectivity index (χ2n) is 5.11. The van der Waals surface area contributed by atoms with E-state index in [4.69, 9.17) is 0 Å². The van der Waals surface area contributed by atoms with Crippen LogP contribution in [0.2, 0.25) is 0 Å². The highest BCUT2D eigenvalue weighted by Crippen LogP contribution is 2.16. The first-order valence-electron chi connectivity index (χ1n) is 7.26. The average Bonchev–Trinajstić information content (AvgIpc) is 2.62. The first kappa shape index (κ1) is 15.4. The van der Waals surface area contributed by atoms with Crippen LogP contribution in [-0.4, -0.2) is 10.9 Å². The van der Waals surface area contributed by atoms with Gasteiger partial charge < -0.3 is 5.32 Å². The summed E-state index contributed by atoms with van der Waals surface area (Å²) in [6, 6.07) is 21.4. The third-order valence-electron chi connectivity index (χ3n) is 3.46. The molecule has 0 atom stereocenters. The topological polar surface area (TPSA) is 42.0 Å². The van der Waals surface area contributed by atoms with Crippen molar-refractivity contribution in [3.05, 3.63) is 88.5 Å². The maximum Gasteiger partial charge on any atom is 0.253 e. The molecule has 0 spiro atoms. The zero-order chi connectivity index (χ0) is 16.1. The summed E-state index contributed by atoms with van der Waals surface area (Å²) in [5.41, 5.74) is 3.50. The smallest absolute Gasteiger partial charge is 0.253 e. The van der Waals surface area contributed by atoms with Gasteiger partial charge in [-0.2, -0.15) is 0 Å². The molecular formula is C19H15BrN2O. The molecule has 0 radical (unpaired) electrons. The molecule has 1 amide bonds. The van der Waals surface area contributed by atoms with Crippen molar-refractivity contribution in [1.82, 2.24) is 10.3 Å². The fourth-order valence-electron chi connectivity index (χ4n) is 2.19. The van der Waals surface area contributed by atoms with E-state index in [1.165, 1.54) is 0 Å². The molecule has 0 aliphatic heterocycles. The Morgan fingerprint density at radius 1 is 0.957 bits per heavy atom. The fourth-order valence-corrected chi connectivity index (χ4v) is 2.46. The molecule has 0 bridgehead atoms. The molecule has 3 aromatic rings. The van der Waals surface area contributed by atoms with Gasteiger partial charge >= 0.3 is 0 Å². The summed E-state index contributed by atoms with van der Waals surface area (Å²) in [5, 5.41) is 2.90. The maximum absolute atomic E-state index is 12.2. The molecule has 1 heterocycles. The van der Waals surface area contributed by atoms with Gasteiger partial charge in [0.05, 0.1) is 11.3 Å². The van der Waals surface area contributed by atoms with Crippen molar-refractivity contribution in [3.8, 4) is 11.3 Å². The summed E-state index contributed by atoms with van der Waals surface area (Å²) in [7, 11) is 0. The fraction of sp³-hybridized carbons (Fsp3) is 0.0526. The zero-order valence-corrected chi connectivity index (χ0v) is 14.0. The Morgan fingerprint density at radius 2 is 1.70 bits per heavy atom. The van der Waals surface area contributed by atoms with Crippen molar-refractivity contribution in [2.45, 2.75) is 6.54 Å². The second-order valence-corrected chi connectivity index (χ2v) is 6.02. The van der Waals surface area contributed by atoms with Gasteiger partial charge in [0.25, 0.3) is 5.91 Å². The van der Waals surface area contributed by atoms with Crippen molar-refractivity contribution in [2.24, 2.45) is 0 Å². The number of nitrogens with zero attached hydrogens (tertiary/aromatic N) is 1. The Hall–Kier alpha value is -2.46. The van der Waals surface area contributed by atoms with Crippen LogP contribution in [0.3, 0.4) is 0 Å². The van der Waals surface area contributed by atoms with Crippen LogP contribution >= 0.6 is 15.9 Å². The molecular weight excluding hydrogens is 352 g/mol. The molecule has 114 valence electrons. The number of benzene rings is 2. The van der Waals surface area contributed by atoms with Gasteiger partial charge in [-0.1, -0.05) is 58.4 Å². The van der Waals surface area contributed by atoms with E-state index < -0.39 is 0 Å². The number of carbonyl (C=O) groups is 1. The molecule has 1 aromatic heterocycles. The Kier molecular flexibility index (Phi) is 4.83. The SMILES string of the molecule is O=C(NCc1ccc(Br)cc1)c1ccc(-c2ccccc2)nc1. The molecule has 0 unspecified atom stereocenters. The molecule has 0 fully saturated rings. The summed E-state index contributed by atoms with van der Waals surface area (Å²) < 4.78 is 1.02. The lowest BCUT2D eigenvalue weighted by molar-refractivity contribution is 0.0950. The third kappa shape index (κ3) is 4.05. The van der Waals surface area contributed by atoms with Gasteiger partial charge in [0.1, 0.15) is 0 Å². The molecule has 0 aliphatic rings. The van der Waals surface area contributed by atoms with Gasteiger partial charge in [0.15, 0.2) is 0 Å². The van der Waals surface area contributed by atoms with Crippen LogP contribution in [0.5, 0.6) is 0 Å². The number of hydrogen-bond acceptors (Lipinski definition) is 2. The summed E-state index contributed by atoms with van der Waals surface area (Å²) in [4.78, 5) is 16.5. The number of carbonyl (C=O) groups excluding carboxylic acids is 1. The lowest BCUT2D eigenvalue weighted by Crippen LogP contribution is -2.22. The normalized spacial score (nSPS) is 10.3. The molecule has 1 N–H and O–H groups in total. The second kappa shape index (κ2) is 7.20. The molecule has 0 saturated carbocycles. The van der Waals surface area contributed by atoms with Crippen LogP contribution < -0.4 is 5.32 Å². The quantitative estimate of drug-likeness (QED) is 0.741. The van der Waals surface area contributed by atoms with Crippen LogP contribution in [0, 0.1) is 0 Å². The van der Waals surface area contributed by atoms with E-state index in [2.05, 4.69) is 26.2 Å². The Morgan fingerprint density at radius 3 is 2.35 bits per heavy atom. The molecule has 4 heteroatoms. The zero-order valence-electron chi connectivity index (χ0n) is 12.4. The Balaban J connectivity index is 1.65. The van der Waals surface area contributed by atoms with Crippen LogP contribution in [-0.2, 0) is 6.54 Å². The van der Waals surface area contributed by atoms with Crippen LogP contribution in [0.1, 0.15) is 15.9 Å². The monoisotopic (exact) mass is 366 g/mol. The van der Waals surface area contributed by atoms with Crippen LogP contribution in [0.15, 0.2) is 77.4 Å². The summed E-state index contributed by atoms with van der Waals surface area (Å²) in [5.74, 6) is -0.125. The van der Waals surface area contributed by atoms with E-state index in [0.717, 1.165) is 21.3 Å². The van der Waals surface area contributed by atoms with E-state index in [-0.39, 0.29) is 5.91 Å². The number of hydrogen-bond donors (Lipinski definition) is 1. The molecule has 23 heavy (non-hydrogen) atoms. The first-order chi connectivity index (χ1) is 11.2. The Bertz CT molecular complexity index is 784. The van der Waals surface area contributed by atoms with Gasteiger partial charge in [-0.05, 0) is 29.8 Å². The van der Waals surface area contributed by atoms with Crippen LogP contribution in [0.4, 0.5) is 0 Å². The highest BCUT2D eigenvalue weighted by molar-refractivity contribution is 9.10. The Labute approximate surface area is 143 Å².